The van der Waals surface area contributed by atoms with Crippen LogP contribution >= 0.6 is 11.3 Å². The molecule has 1 aromatic carbocycles. The van der Waals surface area contributed by atoms with Crippen LogP contribution in [0.4, 0.5) is 11.4 Å². The van der Waals surface area contributed by atoms with Crippen LogP contribution in [0.25, 0.3) is 32.6 Å². The van der Waals surface area contributed by atoms with Crippen molar-refractivity contribution in [2.45, 2.75) is 37.8 Å². The number of anilines is 2. The Morgan fingerprint density at radius 3 is 2.74 bits per heavy atom. The lowest BCUT2D eigenvalue weighted by atomic mass is 9.92. The maximum Gasteiger partial charge on any atom is 0.261 e. The Bertz CT molecular complexity index is 1380. The third kappa shape index (κ3) is 3.87. The van der Waals surface area contributed by atoms with Gasteiger partial charge in [-0.1, -0.05) is 12.8 Å². The highest BCUT2D eigenvalue weighted by Gasteiger charge is 2.27. The predicted octanol–water partition coefficient (Wildman–Crippen LogP) is 3.60. The molecule has 0 bridgehead atoms. The molecule has 178 valence electrons. The lowest BCUT2D eigenvalue weighted by Gasteiger charge is -2.34. The molecule has 2 fully saturated rings. The average Bonchev–Trinajstić information content (AvgIpc) is 3.47. The van der Waals surface area contributed by atoms with Gasteiger partial charge in [0.05, 0.1) is 39.1 Å². The number of H-pyrrole nitrogens is 2. The zero-order valence-corrected chi connectivity index (χ0v) is 20.1. The number of benzene rings is 1. The van der Waals surface area contributed by atoms with Crippen molar-refractivity contribution in [1.82, 2.24) is 19.9 Å². The number of aliphatic hydroxyl groups is 1. The summed E-state index contributed by atoms with van der Waals surface area (Å²) >= 11 is 1.58. The Kier molecular flexibility index (Phi) is 5.55. The van der Waals surface area contributed by atoms with Gasteiger partial charge < -0.3 is 30.2 Å². The maximum absolute atomic E-state index is 13.3. The number of aromatic amines is 2. The van der Waals surface area contributed by atoms with Crippen molar-refractivity contribution < 1.29 is 5.11 Å². The first-order valence-corrected chi connectivity index (χ1v) is 13.0. The third-order valence-electron chi connectivity index (χ3n) is 7.25. The van der Waals surface area contributed by atoms with Gasteiger partial charge in [0.1, 0.15) is 11.4 Å². The summed E-state index contributed by atoms with van der Waals surface area (Å²) < 4.78 is 0.978. The Balaban J connectivity index is 1.42. The minimum Gasteiger partial charge on any atom is -0.391 e. The summed E-state index contributed by atoms with van der Waals surface area (Å²) in [6, 6.07) is 8.12. The van der Waals surface area contributed by atoms with Crippen LogP contribution in [0.1, 0.15) is 25.7 Å². The van der Waals surface area contributed by atoms with Gasteiger partial charge in [-0.15, -0.1) is 11.3 Å². The maximum atomic E-state index is 13.3. The quantitative estimate of drug-likeness (QED) is 0.358. The molecule has 34 heavy (non-hydrogen) atoms. The van der Waals surface area contributed by atoms with Crippen LogP contribution in [0, 0.1) is 0 Å². The molecule has 0 radical (unpaired) electrons. The number of aliphatic hydroxyl groups excluding tert-OH is 1. The van der Waals surface area contributed by atoms with Gasteiger partial charge in [0, 0.05) is 31.9 Å². The molecule has 8 nitrogen and oxygen atoms in total. The number of pyridine rings is 1. The average molecular weight is 479 g/mol. The van der Waals surface area contributed by atoms with Crippen molar-refractivity contribution in [2.24, 2.45) is 0 Å². The van der Waals surface area contributed by atoms with Gasteiger partial charge >= 0.3 is 0 Å². The molecule has 1 saturated heterocycles. The number of hydrogen-bond acceptors (Lipinski definition) is 7. The molecule has 1 aliphatic heterocycles. The first-order valence-electron chi connectivity index (χ1n) is 12.1. The van der Waals surface area contributed by atoms with Gasteiger partial charge in [0.25, 0.3) is 5.56 Å². The van der Waals surface area contributed by atoms with Crippen molar-refractivity contribution in [1.29, 1.82) is 0 Å². The first-order chi connectivity index (χ1) is 16.6. The fourth-order valence-corrected chi connectivity index (χ4v) is 6.08. The summed E-state index contributed by atoms with van der Waals surface area (Å²) in [5.41, 5.74) is 4.81. The summed E-state index contributed by atoms with van der Waals surface area (Å²) in [5, 5.41) is 16.1. The zero-order chi connectivity index (χ0) is 23.2. The van der Waals surface area contributed by atoms with Crippen LogP contribution in [0.15, 0.2) is 34.4 Å². The minimum atomic E-state index is -0.419. The van der Waals surface area contributed by atoms with E-state index in [1.165, 1.54) is 5.69 Å². The van der Waals surface area contributed by atoms with E-state index in [1.54, 1.807) is 11.3 Å². The standard InChI is InChI=1S/C25H30N6O2S/c1-30-9-11-31(12-10-30)15-6-7-16-19(14-15)28-24(27-16)21-22(26-17-4-2-3-5-20(17)32)23-18(8-13-34-23)29-25(21)33/h6-8,13-14,17,20,32H,2-5,9-12H2,1H3,(H,27,28)(H2,26,29,33)/t17-,20-/m0/s1. The summed E-state index contributed by atoms with van der Waals surface area (Å²) in [7, 11) is 2.15. The van der Waals surface area contributed by atoms with E-state index < -0.39 is 6.10 Å². The summed E-state index contributed by atoms with van der Waals surface area (Å²) in [6.07, 6.45) is 3.35. The molecule has 2 atom stereocenters. The molecule has 4 heterocycles. The van der Waals surface area contributed by atoms with Crippen LogP contribution in [0.3, 0.4) is 0 Å². The molecular weight excluding hydrogens is 448 g/mol. The monoisotopic (exact) mass is 478 g/mol. The number of imidazole rings is 1. The zero-order valence-electron chi connectivity index (χ0n) is 19.3. The summed E-state index contributed by atoms with van der Waals surface area (Å²) in [6.45, 7) is 4.08. The van der Waals surface area contributed by atoms with Crippen LogP contribution in [0.2, 0.25) is 0 Å². The second-order valence-electron chi connectivity index (χ2n) is 9.55. The first kappa shape index (κ1) is 21.6. The highest BCUT2D eigenvalue weighted by Crippen LogP contribution is 2.36. The largest absolute Gasteiger partial charge is 0.391 e. The van der Waals surface area contributed by atoms with Crippen molar-refractivity contribution in [3.8, 4) is 11.4 Å². The van der Waals surface area contributed by atoms with Crippen molar-refractivity contribution in [2.75, 3.05) is 43.4 Å². The van der Waals surface area contributed by atoms with E-state index in [0.29, 0.717) is 11.4 Å². The van der Waals surface area contributed by atoms with Gasteiger partial charge in [-0.3, -0.25) is 4.79 Å². The van der Waals surface area contributed by atoms with Gasteiger partial charge in [-0.25, -0.2) is 4.98 Å². The van der Waals surface area contributed by atoms with Gasteiger partial charge in [0.2, 0.25) is 0 Å². The SMILES string of the molecule is CN1CCN(c2ccc3nc(-c4c(N[C@H]5CCCC[C@@H]5O)c5sccc5[nH]c4=O)[nH]c3c2)CC1. The van der Waals surface area contributed by atoms with Gasteiger partial charge in [0.15, 0.2) is 0 Å². The Labute approximate surface area is 201 Å². The van der Waals surface area contributed by atoms with Gasteiger partial charge in [-0.2, -0.15) is 0 Å². The van der Waals surface area contributed by atoms with Crippen molar-refractivity contribution in [3.05, 3.63) is 40.0 Å². The molecule has 4 N–H and O–H groups in total. The highest BCUT2D eigenvalue weighted by atomic mass is 32.1. The van der Waals surface area contributed by atoms with Gasteiger partial charge in [-0.05, 0) is 49.5 Å². The Morgan fingerprint density at radius 1 is 1.09 bits per heavy atom. The number of nitrogens with one attached hydrogen (secondary N) is 3. The van der Waals surface area contributed by atoms with E-state index in [4.69, 9.17) is 4.98 Å². The lowest BCUT2D eigenvalue weighted by Crippen LogP contribution is -2.44. The Morgan fingerprint density at radius 2 is 1.91 bits per heavy atom. The molecule has 1 aliphatic carbocycles. The molecule has 0 spiro atoms. The van der Waals surface area contributed by atoms with E-state index >= 15 is 0 Å². The molecule has 0 unspecified atom stereocenters. The van der Waals surface area contributed by atoms with Crippen molar-refractivity contribution in [3.63, 3.8) is 0 Å². The molecule has 2 aliphatic rings. The number of nitrogens with zero attached hydrogens (tertiary/aromatic N) is 3. The number of rotatable bonds is 4. The summed E-state index contributed by atoms with van der Waals surface area (Å²) in [4.78, 5) is 29.2. The number of hydrogen-bond donors (Lipinski definition) is 4. The number of thiophene rings is 1. The van der Waals surface area contributed by atoms with Crippen LogP contribution in [-0.2, 0) is 0 Å². The second-order valence-corrected chi connectivity index (χ2v) is 10.5. The molecule has 6 rings (SSSR count). The van der Waals surface area contributed by atoms with E-state index in [0.717, 1.165) is 78.8 Å². The number of aromatic nitrogens is 3. The van der Waals surface area contributed by atoms with E-state index in [9.17, 15) is 9.90 Å². The van der Waals surface area contributed by atoms with Crippen LogP contribution in [0.5, 0.6) is 0 Å². The normalized spacial score (nSPS) is 22.0. The molecule has 9 heteroatoms. The fourth-order valence-electron chi connectivity index (χ4n) is 5.22. The summed E-state index contributed by atoms with van der Waals surface area (Å²) in [5.74, 6) is 0.551. The fraction of sp³-hybridized carbons (Fsp3) is 0.440. The molecule has 3 aromatic heterocycles. The lowest BCUT2D eigenvalue weighted by molar-refractivity contribution is 0.116. The smallest absolute Gasteiger partial charge is 0.261 e. The third-order valence-corrected chi connectivity index (χ3v) is 8.18. The van der Waals surface area contributed by atoms with Crippen LogP contribution in [-0.4, -0.2) is 70.3 Å². The molecular formula is C25H30N6O2S. The predicted molar refractivity (Wildman–Crippen MR) is 139 cm³/mol. The molecule has 4 aromatic rings. The highest BCUT2D eigenvalue weighted by molar-refractivity contribution is 7.17. The number of fused-ring (bicyclic) bond motifs is 2. The minimum absolute atomic E-state index is 0.0761. The van der Waals surface area contributed by atoms with Crippen LogP contribution < -0.4 is 15.8 Å². The number of piperazine rings is 1. The number of likely N-dealkylation sites (N-methyl/N-ethyl adjacent to an activating group) is 1. The van der Waals surface area contributed by atoms with E-state index in [-0.39, 0.29) is 11.6 Å². The molecule has 0 amide bonds. The Hall–Kier alpha value is -2.88. The second kappa shape index (κ2) is 8.72. The molecule has 1 saturated carbocycles. The topological polar surface area (TPSA) is 100 Å². The van der Waals surface area contributed by atoms with Crippen molar-refractivity contribution >= 4 is 44.0 Å². The van der Waals surface area contributed by atoms with E-state index in [2.05, 4.69) is 44.3 Å². The van der Waals surface area contributed by atoms with E-state index in [1.807, 2.05) is 17.5 Å².